The summed E-state index contributed by atoms with van der Waals surface area (Å²) >= 11 is 0. The maximum atomic E-state index is 12.6. The number of aryl methyl sites for hydroxylation is 1. The molecular formula is C17H25N3O2S. The van der Waals surface area contributed by atoms with Gasteiger partial charge in [-0.05, 0) is 37.0 Å². The largest absolute Gasteiger partial charge is 0.273 e. The van der Waals surface area contributed by atoms with E-state index in [2.05, 4.69) is 18.9 Å². The molecule has 2 aromatic rings. The highest BCUT2D eigenvalue weighted by Gasteiger charge is 2.21. The van der Waals surface area contributed by atoms with Gasteiger partial charge in [0.25, 0.3) is 0 Å². The van der Waals surface area contributed by atoms with Crippen molar-refractivity contribution >= 4 is 10.0 Å². The van der Waals surface area contributed by atoms with Crippen LogP contribution in [0.1, 0.15) is 31.9 Å². The first-order chi connectivity index (χ1) is 10.8. The van der Waals surface area contributed by atoms with E-state index in [0.29, 0.717) is 17.4 Å². The van der Waals surface area contributed by atoms with Crippen molar-refractivity contribution in [3.05, 3.63) is 47.8 Å². The monoisotopic (exact) mass is 335 g/mol. The SMILES string of the molecule is CCn1cc(CN(C)S(=O)(=O)c2ccc(CC(C)C)cc2)cn1. The van der Waals surface area contributed by atoms with E-state index in [-0.39, 0.29) is 0 Å². The molecule has 0 radical (unpaired) electrons. The summed E-state index contributed by atoms with van der Waals surface area (Å²) in [6.07, 6.45) is 4.53. The first-order valence-corrected chi connectivity index (χ1v) is 9.33. The Morgan fingerprint density at radius 3 is 2.35 bits per heavy atom. The number of hydrogen-bond acceptors (Lipinski definition) is 3. The molecule has 2 rings (SSSR count). The zero-order valence-electron chi connectivity index (χ0n) is 14.2. The summed E-state index contributed by atoms with van der Waals surface area (Å²) in [6, 6.07) is 7.18. The molecule has 6 heteroatoms. The Bertz CT molecular complexity index is 733. The number of benzene rings is 1. The van der Waals surface area contributed by atoms with Gasteiger partial charge in [0.2, 0.25) is 10.0 Å². The second-order valence-electron chi connectivity index (χ2n) is 6.21. The van der Waals surface area contributed by atoms with Gasteiger partial charge in [-0.3, -0.25) is 4.68 Å². The van der Waals surface area contributed by atoms with Crippen LogP contribution in [-0.2, 0) is 29.5 Å². The molecule has 0 N–H and O–H groups in total. The highest BCUT2D eigenvalue weighted by molar-refractivity contribution is 7.89. The fraction of sp³-hybridized carbons (Fsp3) is 0.471. The van der Waals surface area contributed by atoms with Crippen LogP contribution >= 0.6 is 0 Å². The number of rotatable bonds is 7. The lowest BCUT2D eigenvalue weighted by atomic mass is 10.0. The Balaban J connectivity index is 2.13. The lowest BCUT2D eigenvalue weighted by Crippen LogP contribution is -2.26. The van der Waals surface area contributed by atoms with Crippen molar-refractivity contribution in [3.63, 3.8) is 0 Å². The standard InChI is InChI=1S/C17H25N3O2S/c1-5-20-13-16(11-18-20)12-19(4)23(21,22)17-8-6-15(7-9-17)10-14(2)3/h6-9,11,13-14H,5,10,12H2,1-4H3. The van der Waals surface area contributed by atoms with Gasteiger partial charge < -0.3 is 0 Å². The first kappa shape index (κ1) is 17.7. The predicted octanol–water partition coefficient (Wildman–Crippen LogP) is 2.92. The maximum absolute atomic E-state index is 12.6. The number of aromatic nitrogens is 2. The fourth-order valence-corrected chi connectivity index (χ4v) is 3.61. The summed E-state index contributed by atoms with van der Waals surface area (Å²) in [5.74, 6) is 0.551. The zero-order chi connectivity index (χ0) is 17.0. The van der Waals surface area contributed by atoms with E-state index >= 15 is 0 Å². The molecule has 0 saturated heterocycles. The van der Waals surface area contributed by atoms with Crippen molar-refractivity contribution in [2.45, 2.75) is 45.2 Å². The second-order valence-corrected chi connectivity index (χ2v) is 8.25. The molecule has 0 spiro atoms. The van der Waals surface area contributed by atoms with E-state index in [1.54, 1.807) is 30.1 Å². The van der Waals surface area contributed by atoms with Crippen molar-refractivity contribution in [1.29, 1.82) is 0 Å². The minimum Gasteiger partial charge on any atom is -0.273 e. The Morgan fingerprint density at radius 1 is 1.17 bits per heavy atom. The summed E-state index contributed by atoms with van der Waals surface area (Å²) in [5, 5.41) is 4.18. The molecule has 126 valence electrons. The van der Waals surface area contributed by atoms with Gasteiger partial charge in [-0.15, -0.1) is 0 Å². The van der Waals surface area contributed by atoms with Gasteiger partial charge in [0, 0.05) is 31.9 Å². The molecular weight excluding hydrogens is 310 g/mol. The highest BCUT2D eigenvalue weighted by Crippen LogP contribution is 2.18. The molecule has 1 aromatic heterocycles. The van der Waals surface area contributed by atoms with Crippen molar-refractivity contribution < 1.29 is 8.42 Å². The van der Waals surface area contributed by atoms with Gasteiger partial charge in [-0.2, -0.15) is 9.40 Å². The van der Waals surface area contributed by atoms with Gasteiger partial charge in [-0.25, -0.2) is 8.42 Å². The predicted molar refractivity (Wildman–Crippen MR) is 91.5 cm³/mol. The van der Waals surface area contributed by atoms with Crippen LogP contribution in [0, 0.1) is 5.92 Å². The quantitative estimate of drug-likeness (QED) is 0.782. The van der Waals surface area contributed by atoms with E-state index < -0.39 is 10.0 Å². The Morgan fingerprint density at radius 2 is 1.83 bits per heavy atom. The number of hydrogen-bond donors (Lipinski definition) is 0. The summed E-state index contributed by atoms with van der Waals surface area (Å²) in [4.78, 5) is 0.329. The number of sulfonamides is 1. The first-order valence-electron chi connectivity index (χ1n) is 7.89. The molecule has 0 aliphatic carbocycles. The molecule has 5 nitrogen and oxygen atoms in total. The highest BCUT2D eigenvalue weighted by atomic mass is 32.2. The van der Waals surface area contributed by atoms with Crippen LogP contribution in [-0.4, -0.2) is 29.6 Å². The van der Waals surface area contributed by atoms with Gasteiger partial charge >= 0.3 is 0 Å². The van der Waals surface area contributed by atoms with Gasteiger partial charge in [0.15, 0.2) is 0 Å². The zero-order valence-corrected chi connectivity index (χ0v) is 15.0. The minimum atomic E-state index is -3.48. The third-order valence-corrected chi connectivity index (χ3v) is 5.51. The van der Waals surface area contributed by atoms with Crippen LogP contribution < -0.4 is 0 Å². The third-order valence-electron chi connectivity index (χ3n) is 3.69. The molecule has 0 bridgehead atoms. The average molecular weight is 335 g/mol. The summed E-state index contributed by atoms with van der Waals surface area (Å²) in [5.41, 5.74) is 2.04. The molecule has 0 atom stereocenters. The van der Waals surface area contributed by atoms with E-state index in [1.807, 2.05) is 25.3 Å². The molecule has 0 fully saturated rings. The van der Waals surface area contributed by atoms with Crippen LogP contribution in [0.5, 0.6) is 0 Å². The van der Waals surface area contributed by atoms with Crippen molar-refractivity contribution in [1.82, 2.24) is 14.1 Å². The molecule has 0 aliphatic heterocycles. The molecule has 23 heavy (non-hydrogen) atoms. The van der Waals surface area contributed by atoms with E-state index in [9.17, 15) is 8.42 Å². The summed E-state index contributed by atoms with van der Waals surface area (Å²) in [6.45, 7) is 7.38. The fourth-order valence-electron chi connectivity index (χ4n) is 2.45. The molecule has 0 unspecified atom stereocenters. The van der Waals surface area contributed by atoms with Crippen LogP contribution in [0.3, 0.4) is 0 Å². The molecule has 0 saturated carbocycles. The van der Waals surface area contributed by atoms with E-state index in [0.717, 1.165) is 24.1 Å². The summed E-state index contributed by atoms with van der Waals surface area (Å²) < 4.78 is 28.4. The van der Waals surface area contributed by atoms with Crippen LogP contribution in [0.2, 0.25) is 0 Å². The van der Waals surface area contributed by atoms with Crippen LogP contribution in [0.15, 0.2) is 41.6 Å². The average Bonchev–Trinajstić information content (AvgIpc) is 2.94. The van der Waals surface area contributed by atoms with E-state index in [4.69, 9.17) is 0 Å². The minimum absolute atomic E-state index is 0.316. The third kappa shape index (κ3) is 4.42. The van der Waals surface area contributed by atoms with E-state index in [1.165, 1.54) is 4.31 Å². The number of nitrogens with zero attached hydrogens (tertiary/aromatic N) is 3. The van der Waals surface area contributed by atoms with Crippen molar-refractivity contribution in [2.24, 2.45) is 5.92 Å². The second kappa shape index (κ2) is 7.27. The maximum Gasteiger partial charge on any atom is 0.243 e. The Labute approximate surface area is 139 Å². The Hall–Kier alpha value is -1.66. The summed E-state index contributed by atoms with van der Waals surface area (Å²) in [7, 11) is -1.89. The van der Waals surface area contributed by atoms with Crippen LogP contribution in [0.4, 0.5) is 0 Å². The smallest absolute Gasteiger partial charge is 0.243 e. The van der Waals surface area contributed by atoms with Crippen molar-refractivity contribution in [3.8, 4) is 0 Å². The normalized spacial score (nSPS) is 12.3. The molecule has 1 aromatic carbocycles. The van der Waals surface area contributed by atoms with Gasteiger partial charge in [0.1, 0.15) is 0 Å². The molecule has 0 amide bonds. The molecule has 0 aliphatic rings. The topological polar surface area (TPSA) is 55.2 Å². The van der Waals surface area contributed by atoms with Gasteiger partial charge in [0.05, 0.1) is 11.1 Å². The van der Waals surface area contributed by atoms with Crippen LogP contribution in [0.25, 0.3) is 0 Å². The lowest BCUT2D eigenvalue weighted by molar-refractivity contribution is 0.466. The van der Waals surface area contributed by atoms with Gasteiger partial charge in [-0.1, -0.05) is 26.0 Å². The van der Waals surface area contributed by atoms with Crippen molar-refractivity contribution in [2.75, 3.05) is 7.05 Å². The molecule has 1 heterocycles. The Kier molecular flexibility index (Phi) is 5.59. The lowest BCUT2D eigenvalue weighted by Gasteiger charge is -2.16.